The van der Waals surface area contributed by atoms with E-state index in [0.29, 0.717) is 24.2 Å². The number of rotatable bonds is 6. The molecule has 6 nitrogen and oxygen atoms in total. The van der Waals surface area contributed by atoms with Crippen LogP contribution in [0.2, 0.25) is 0 Å². The molecule has 28 heavy (non-hydrogen) atoms. The van der Waals surface area contributed by atoms with E-state index in [1.54, 1.807) is 4.90 Å². The van der Waals surface area contributed by atoms with Gasteiger partial charge in [-0.3, -0.25) is 9.69 Å². The van der Waals surface area contributed by atoms with E-state index in [2.05, 4.69) is 35.8 Å². The normalized spacial score (nSPS) is 29.2. The zero-order chi connectivity index (χ0) is 19.7. The molecule has 150 valence electrons. The number of likely N-dealkylation sites (N-methyl/N-ethyl adjacent to an activating group) is 1. The summed E-state index contributed by atoms with van der Waals surface area (Å²) in [5.74, 6) is 0.864. The number of anilines is 1. The Bertz CT molecular complexity index is 782. The van der Waals surface area contributed by atoms with Gasteiger partial charge in [-0.2, -0.15) is 0 Å². The predicted octanol–water partition coefficient (Wildman–Crippen LogP) is 2.81. The van der Waals surface area contributed by atoms with E-state index in [1.807, 2.05) is 25.1 Å². The van der Waals surface area contributed by atoms with Gasteiger partial charge in [0.2, 0.25) is 0 Å². The lowest BCUT2D eigenvalue weighted by atomic mass is 10.0. The fraction of sp³-hybridized carbons (Fsp3) is 0.545. The summed E-state index contributed by atoms with van der Waals surface area (Å²) in [6, 6.07) is 8.97. The van der Waals surface area contributed by atoms with Crippen molar-refractivity contribution in [3.63, 3.8) is 0 Å². The third-order valence-electron chi connectivity index (χ3n) is 6.10. The third-order valence-corrected chi connectivity index (χ3v) is 6.10. The molecule has 0 spiro atoms. The number of benzene rings is 1. The van der Waals surface area contributed by atoms with Crippen LogP contribution in [-0.2, 0) is 9.53 Å². The number of carbonyl (C=O) groups is 1. The minimum Gasteiger partial charge on any atom is -0.420 e. The van der Waals surface area contributed by atoms with Gasteiger partial charge >= 0.3 is 6.02 Å². The maximum absolute atomic E-state index is 12.8. The van der Waals surface area contributed by atoms with Gasteiger partial charge in [-0.25, -0.2) is 4.99 Å². The highest BCUT2D eigenvalue weighted by atomic mass is 16.5. The van der Waals surface area contributed by atoms with Gasteiger partial charge in [0, 0.05) is 38.4 Å². The maximum atomic E-state index is 12.8. The van der Waals surface area contributed by atoms with Crippen molar-refractivity contribution in [1.29, 1.82) is 0 Å². The standard InChI is InChI=1S/C22H30N4O2/c1-4-25(5-2)18-9-7-16(8-10-18)13-20-21(27)26(6-3)22(28-20)23-19-15-24-12-11-17(19)14-24/h7-10,13,17,19H,4-6,11-12,14-15H2,1-3H3/b20-13+,23-22?/t17?,19-/m0/s1. The van der Waals surface area contributed by atoms with Gasteiger partial charge in [-0.05, 0) is 63.4 Å². The molecule has 3 aliphatic heterocycles. The molecule has 3 heterocycles. The summed E-state index contributed by atoms with van der Waals surface area (Å²) in [5.41, 5.74) is 2.15. The molecule has 1 aromatic carbocycles. The molecule has 0 radical (unpaired) electrons. The summed E-state index contributed by atoms with van der Waals surface area (Å²) in [6.07, 6.45) is 3.02. The van der Waals surface area contributed by atoms with Gasteiger partial charge < -0.3 is 14.5 Å². The van der Waals surface area contributed by atoms with Crippen molar-refractivity contribution in [2.75, 3.05) is 44.2 Å². The van der Waals surface area contributed by atoms with E-state index in [-0.39, 0.29) is 11.9 Å². The predicted molar refractivity (Wildman–Crippen MR) is 112 cm³/mol. The quantitative estimate of drug-likeness (QED) is 0.710. The number of fused-ring (bicyclic) bond motifs is 2. The second-order valence-electron chi connectivity index (χ2n) is 7.71. The summed E-state index contributed by atoms with van der Waals surface area (Å²) in [4.78, 5) is 24.0. The number of carbonyl (C=O) groups excluding carboxylic acids is 1. The summed E-state index contributed by atoms with van der Waals surface area (Å²) < 4.78 is 5.93. The van der Waals surface area contributed by atoms with Crippen LogP contribution in [0.1, 0.15) is 32.8 Å². The van der Waals surface area contributed by atoms with Crippen molar-refractivity contribution in [1.82, 2.24) is 9.80 Å². The van der Waals surface area contributed by atoms with E-state index in [4.69, 9.17) is 9.73 Å². The van der Waals surface area contributed by atoms with Gasteiger partial charge in [0.15, 0.2) is 5.76 Å². The van der Waals surface area contributed by atoms with E-state index in [0.717, 1.165) is 31.7 Å². The first kappa shape index (κ1) is 19.0. The molecule has 4 rings (SSSR count). The Morgan fingerprint density at radius 2 is 1.93 bits per heavy atom. The molecule has 6 heteroatoms. The van der Waals surface area contributed by atoms with Gasteiger partial charge in [0.05, 0.1) is 6.04 Å². The maximum Gasteiger partial charge on any atom is 0.300 e. The van der Waals surface area contributed by atoms with Crippen LogP contribution in [-0.4, -0.2) is 67.0 Å². The molecule has 0 N–H and O–H groups in total. The Morgan fingerprint density at radius 1 is 1.18 bits per heavy atom. The molecule has 3 saturated heterocycles. The van der Waals surface area contributed by atoms with Gasteiger partial charge in [-0.1, -0.05) is 12.1 Å². The van der Waals surface area contributed by atoms with Crippen LogP contribution < -0.4 is 4.90 Å². The minimum absolute atomic E-state index is 0.0995. The molecule has 2 bridgehead atoms. The summed E-state index contributed by atoms with van der Waals surface area (Å²) in [7, 11) is 0. The Hall–Kier alpha value is -2.34. The van der Waals surface area contributed by atoms with E-state index in [1.165, 1.54) is 18.7 Å². The van der Waals surface area contributed by atoms with Crippen molar-refractivity contribution < 1.29 is 9.53 Å². The average molecular weight is 383 g/mol. The van der Waals surface area contributed by atoms with E-state index < -0.39 is 0 Å². The zero-order valence-corrected chi connectivity index (χ0v) is 17.1. The number of amidine groups is 1. The molecule has 0 saturated carbocycles. The molecule has 3 atom stereocenters. The monoisotopic (exact) mass is 382 g/mol. The Labute approximate surface area is 167 Å². The molecule has 1 amide bonds. The van der Waals surface area contributed by atoms with Gasteiger partial charge in [-0.15, -0.1) is 0 Å². The van der Waals surface area contributed by atoms with Crippen LogP contribution in [0.3, 0.4) is 0 Å². The lowest BCUT2D eigenvalue weighted by Crippen LogP contribution is -2.33. The topological polar surface area (TPSA) is 48.4 Å². The van der Waals surface area contributed by atoms with Crippen LogP contribution in [0.25, 0.3) is 6.08 Å². The zero-order valence-electron chi connectivity index (χ0n) is 17.1. The van der Waals surface area contributed by atoms with Crippen molar-refractivity contribution in [3.8, 4) is 0 Å². The largest absolute Gasteiger partial charge is 0.420 e. The van der Waals surface area contributed by atoms with Crippen LogP contribution in [0.5, 0.6) is 0 Å². The van der Waals surface area contributed by atoms with E-state index >= 15 is 0 Å². The fourth-order valence-corrected chi connectivity index (χ4v) is 4.45. The highest BCUT2D eigenvalue weighted by Crippen LogP contribution is 2.31. The second kappa shape index (κ2) is 7.95. The van der Waals surface area contributed by atoms with Crippen molar-refractivity contribution in [2.24, 2.45) is 10.9 Å². The molecular weight excluding hydrogens is 352 g/mol. The smallest absolute Gasteiger partial charge is 0.300 e. The van der Waals surface area contributed by atoms with Crippen LogP contribution >= 0.6 is 0 Å². The Kier molecular flexibility index (Phi) is 5.40. The van der Waals surface area contributed by atoms with E-state index in [9.17, 15) is 4.79 Å². The number of nitrogens with zero attached hydrogens (tertiary/aromatic N) is 4. The van der Waals surface area contributed by atoms with Crippen molar-refractivity contribution in [2.45, 2.75) is 33.2 Å². The molecule has 1 aromatic rings. The Morgan fingerprint density at radius 3 is 2.50 bits per heavy atom. The SMILES string of the molecule is CCN1C(=O)/C(=C\c2ccc(N(CC)CC)cc2)OC1=N[C@H]1CN2CCC1C2. The number of amides is 1. The summed E-state index contributed by atoms with van der Waals surface area (Å²) in [5, 5.41) is 0. The summed E-state index contributed by atoms with van der Waals surface area (Å²) in [6.45, 7) is 12.1. The Balaban J connectivity index is 1.52. The molecule has 0 aromatic heterocycles. The fourth-order valence-electron chi connectivity index (χ4n) is 4.45. The van der Waals surface area contributed by atoms with Crippen LogP contribution in [0, 0.1) is 5.92 Å². The first-order valence-electron chi connectivity index (χ1n) is 10.5. The molecule has 3 fully saturated rings. The van der Waals surface area contributed by atoms with Gasteiger partial charge in [0.25, 0.3) is 5.91 Å². The molecule has 3 aliphatic rings. The van der Waals surface area contributed by atoms with Crippen molar-refractivity contribution >= 4 is 23.7 Å². The minimum atomic E-state index is -0.0995. The molecular formula is C22H30N4O2. The highest BCUT2D eigenvalue weighted by Gasteiger charge is 2.40. The lowest BCUT2D eigenvalue weighted by Gasteiger charge is -2.20. The first-order chi connectivity index (χ1) is 13.6. The number of aliphatic imine (C=N–C) groups is 1. The van der Waals surface area contributed by atoms with Crippen LogP contribution in [0.4, 0.5) is 5.69 Å². The van der Waals surface area contributed by atoms with Crippen molar-refractivity contribution in [3.05, 3.63) is 35.6 Å². The second-order valence-corrected chi connectivity index (χ2v) is 7.71. The van der Waals surface area contributed by atoms with Gasteiger partial charge in [0.1, 0.15) is 0 Å². The molecule has 0 aliphatic carbocycles. The third kappa shape index (κ3) is 3.53. The number of hydrogen-bond donors (Lipinski definition) is 0. The average Bonchev–Trinajstić information content (AvgIpc) is 3.40. The van der Waals surface area contributed by atoms with Crippen LogP contribution in [0.15, 0.2) is 35.0 Å². The summed E-state index contributed by atoms with van der Waals surface area (Å²) >= 11 is 0. The molecule has 2 unspecified atom stereocenters. The highest BCUT2D eigenvalue weighted by molar-refractivity contribution is 6.11. The lowest BCUT2D eigenvalue weighted by molar-refractivity contribution is -0.122. The number of ether oxygens (including phenoxy) is 1. The number of hydrogen-bond acceptors (Lipinski definition) is 5. The number of piperidine rings is 1. The first-order valence-corrected chi connectivity index (χ1v) is 10.5.